The molecule has 1 aromatic carbocycles. The summed E-state index contributed by atoms with van der Waals surface area (Å²) in [7, 11) is 0. The van der Waals surface area contributed by atoms with Gasteiger partial charge >= 0.3 is 6.09 Å². The molecule has 0 aliphatic rings. The zero-order valence-corrected chi connectivity index (χ0v) is 18.5. The van der Waals surface area contributed by atoms with Crippen molar-refractivity contribution in [2.24, 2.45) is 11.8 Å². The largest absolute Gasteiger partial charge is 0.447 e. The number of hydrogen-bond donors (Lipinski definition) is 3. The van der Waals surface area contributed by atoms with Gasteiger partial charge in [-0.05, 0) is 44.2 Å². The summed E-state index contributed by atoms with van der Waals surface area (Å²) in [4.78, 5) is 37.2. The molecule has 3 N–H and O–H groups in total. The van der Waals surface area contributed by atoms with E-state index < -0.39 is 12.1 Å². The van der Waals surface area contributed by atoms with Gasteiger partial charge in [-0.15, -0.1) is 0 Å². The average Bonchev–Trinajstić information content (AvgIpc) is 2.61. The van der Waals surface area contributed by atoms with Gasteiger partial charge in [-0.1, -0.05) is 45.9 Å². The Kier molecular flexibility index (Phi) is 9.65. The van der Waals surface area contributed by atoms with Gasteiger partial charge in [0, 0.05) is 18.2 Å². The zero-order chi connectivity index (χ0) is 22.1. The lowest BCUT2D eigenvalue weighted by atomic mass is 10.00. The van der Waals surface area contributed by atoms with E-state index in [1.807, 2.05) is 52.8 Å². The quantitative estimate of drug-likeness (QED) is 0.588. The van der Waals surface area contributed by atoms with E-state index in [2.05, 4.69) is 16.0 Å². The van der Waals surface area contributed by atoms with Crippen LogP contribution in [0.15, 0.2) is 24.3 Å². The third-order valence-corrected chi connectivity index (χ3v) is 4.57. The zero-order valence-electron chi connectivity index (χ0n) is 18.5. The summed E-state index contributed by atoms with van der Waals surface area (Å²) in [6, 6.07) is 6.35. The number of amides is 3. The molecule has 0 bridgehead atoms. The molecular formula is C22H35N3O4. The van der Waals surface area contributed by atoms with Gasteiger partial charge < -0.3 is 20.7 Å². The SMILES string of the molecule is Cc1ccccc1C(=O)NC[C@@H](NC(=O)[C@@H](NC(=O)OC(C)C)C(C)C)C(C)C. The molecule has 0 saturated heterocycles. The molecule has 1 rings (SSSR count). The predicted octanol–water partition coefficient (Wildman–Crippen LogP) is 3.02. The second-order valence-corrected chi connectivity index (χ2v) is 8.20. The van der Waals surface area contributed by atoms with E-state index in [0.29, 0.717) is 5.56 Å². The van der Waals surface area contributed by atoms with Crippen LogP contribution in [-0.2, 0) is 9.53 Å². The Labute approximate surface area is 174 Å². The molecule has 162 valence electrons. The van der Waals surface area contributed by atoms with E-state index in [4.69, 9.17) is 4.74 Å². The first-order valence-electron chi connectivity index (χ1n) is 10.1. The van der Waals surface area contributed by atoms with Crippen molar-refractivity contribution in [1.29, 1.82) is 0 Å². The summed E-state index contributed by atoms with van der Waals surface area (Å²) in [6.45, 7) is 13.3. The Balaban J connectivity index is 2.75. The minimum Gasteiger partial charge on any atom is -0.447 e. The molecule has 0 aromatic heterocycles. The Morgan fingerprint density at radius 3 is 2.07 bits per heavy atom. The summed E-state index contributed by atoms with van der Waals surface area (Å²) in [5, 5.41) is 8.48. The van der Waals surface area contributed by atoms with Crippen molar-refractivity contribution in [2.75, 3.05) is 6.54 Å². The Hall–Kier alpha value is -2.57. The van der Waals surface area contributed by atoms with E-state index in [0.717, 1.165) is 5.56 Å². The number of ether oxygens (including phenoxy) is 1. The van der Waals surface area contributed by atoms with Crippen molar-refractivity contribution < 1.29 is 19.1 Å². The molecule has 0 aliphatic carbocycles. The second-order valence-electron chi connectivity index (χ2n) is 8.20. The van der Waals surface area contributed by atoms with Crippen LogP contribution >= 0.6 is 0 Å². The highest BCUT2D eigenvalue weighted by Crippen LogP contribution is 2.09. The summed E-state index contributed by atoms with van der Waals surface area (Å²) in [5.74, 6) is -0.512. The van der Waals surface area contributed by atoms with Gasteiger partial charge in [-0.25, -0.2) is 4.79 Å². The van der Waals surface area contributed by atoms with Crippen LogP contribution in [0.2, 0.25) is 0 Å². The maximum absolute atomic E-state index is 12.8. The monoisotopic (exact) mass is 405 g/mol. The van der Waals surface area contributed by atoms with Gasteiger partial charge in [0.2, 0.25) is 5.91 Å². The van der Waals surface area contributed by atoms with Crippen molar-refractivity contribution in [1.82, 2.24) is 16.0 Å². The highest BCUT2D eigenvalue weighted by Gasteiger charge is 2.28. The van der Waals surface area contributed by atoms with Crippen LogP contribution in [0.3, 0.4) is 0 Å². The van der Waals surface area contributed by atoms with Gasteiger partial charge in [0.25, 0.3) is 5.91 Å². The van der Waals surface area contributed by atoms with Crippen molar-refractivity contribution in [2.45, 2.75) is 66.7 Å². The molecule has 0 saturated carbocycles. The molecule has 0 radical (unpaired) electrons. The number of benzene rings is 1. The molecule has 0 heterocycles. The first kappa shape index (κ1) is 24.5. The van der Waals surface area contributed by atoms with E-state index in [1.54, 1.807) is 19.9 Å². The molecule has 7 heteroatoms. The van der Waals surface area contributed by atoms with Gasteiger partial charge in [0.15, 0.2) is 0 Å². The minimum absolute atomic E-state index is 0.0894. The summed E-state index contributed by atoms with van der Waals surface area (Å²) in [6.07, 6.45) is -0.895. The van der Waals surface area contributed by atoms with Gasteiger partial charge in [-0.3, -0.25) is 9.59 Å². The van der Waals surface area contributed by atoms with Crippen molar-refractivity contribution >= 4 is 17.9 Å². The fourth-order valence-electron chi connectivity index (χ4n) is 2.76. The molecule has 0 unspecified atom stereocenters. The van der Waals surface area contributed by atoms with Crippen molar-refractivity contribution in [3.63, 3.8) is 0 Å². The van der Waals surface area contributed by atoms with Gasteiger partial charge in [0.1, 0.15) is 6.04 Å². The lowest BCUT2D eigenvalue weighted by Gasteiger charge is -2.28. The Morgan fingerprint density at radius 1 is 0.931 bits per heavy atom. The molecule has 0 aliphatic heterocycles. The molecule has 29 heavy (non-hydrogen) atoms. The topological polar surface area (TPSA) is 96.5 Å². The average molecular weight is 406 g/mol. The number of aryl methyl sites for hydroxylation is 1. The first-order valence-corrected chi connectivity index (χ1v) is 10.1. The number of carbonyl (C=O) groups excluding carboxylic acids is 3. The summed E-state index contributed by atoms with van der Waals surface area (Å²) in [5.41, 5.74) is 1.50. The van der Waals surface area contributed by atoms with Crippen molar-refractivity contribution in [3.05, 3.63) is 35.4 Å². The van der Waals surface area contributed by atoms with Crippen LogP contribution in [0.1, 0.15) is 57.5 Å². The molecule has 7 nitrogen and oxygen atoms in total. The third kappa shape index (κ3) is 8.13. The third-order valence-electron chi connectivity index (χ3n) is 4.57. The highest BCUT2D eigenvalue weighted by atomic mass is 16.6. The van der Waals surface area contributed by atoms with Crippen LogP contribution in [-0.4, -0.2) is 42.6 Å². The highest BCUT2D eigenvalue weighted by molar-refractivity contribution is 5.95. The van der Waals surface area contributed by atoms with E-state index in [-0.39, 0.29) is 42.3 Å². The van der Waals surface area contributed by atoms with E-state index >= 15 is 0 Å². The number of rotatable bonds is 9. The van der Waals surface area contributed by atoms with Crippen LogP contribution in [0.4, 0.5) is 4.79 Å². The summed E-state index contributed by atoms with van der Waals surface area (Å²) < 4.78 is 5.09. The fraction of sp³-hybridized carbons (Fsp3) is 0.591. The summed E-state index contributed by atoms with van der Waals surface area (Å²) >= 11 is 0. The van der Waals surface area contributed by atoms with Crippen LogP contribution < -0.4 is 16.0 Å². The number of nitrogens with one attached hydrogen (secondary N) is 3. The van der Waals surface area contributed by atoms with Crippen molar-refractivity contribution in [3.8, 4) is 0 Å². The van der Waals surface area contributed by atoms with Crippen LogP contribution in [0.5, 0.6) is 0 Å². The molecule has 0 fully saturated rings. The molecule has 2 atom stereocenters. The maximum atomic E-state index is 12.8. The Morgan fingerprint density at radius 2 is 1.55 bits per heavy atom. The number of hydrogen-bond acceptors (Lipinski definition) is 4. The molecular weight excluding hydrogens is 370 g/mol. The lowest BCUT2D eigenvalue weighted by Crippen LogP contribution is -2.55. The molecule has 3 amide bonds. The van der Waals surface area contributed by atoms with Crippen LogP contribution in [0, 0.1) is 18.8 Å². The van der Waals surface area contributed by atoms with Gasteiger partial charge in [0.05, 0.1) is 6.10 Å². The maximum Gasteiger partial charge on any atom is 0.408 e. The number of carbonyl (C=O) groups is 3. The first-order chi connectivity index (χ1) is 13.5. The lowest BCUT2D eigenvalue weighted by molar-refractivity contribution is -0.125. The van der Waals surface area contributed by atoms with Gasteiger partial charge in [-0.2, -0.15) is 0 Å². The molecule has 0 spiro atoms. The predicted molar refractivity (Wildman–Crippen MR) is 114 cm³/mol. The second kappa shape index (κ2) is 11.4. The normalized spacial score (nSPS) is 13.2. The van der Waals surface area contributed by atoms with E-state index in [9.17, 15) is 14.4 Å². The van der Waals surface area contributed by atoms with Crippen LogP contribution in [0.25, 0.3) is 0 Å². The Bertz CT molecular complexity index is 701. The van der Waals surface area contributed by atoms with E-state index in [1.165, 1.54) is 0 Å². The smallest absolute Gasteiger partial charge is 0.408 e. The standard InChI is InChI=1S/C22H35N3O4/c1-13(2)18(12-23-20(26)17-11-9-8-10-16(17)7)24-21(27)19(14(3)4)25-22(28)29-15(5)6/h8-11,13-15,18-19H,12H2,1-7H3,(H,23,26)(H,24,27)(H,25,28)/t18-,19+/m1/s1. The fourth-order valence-corrected chi connectivity index (χ4v) is 2.76. The molecule has 1 aromatic rings. The number of alkyl carbamates (subject to hydrolysis) is 1. The minimum atomic E-state index is -0.727.